The molecule has 4 aromatic heterocycles. The van der Waals surface area contributed by atoms with Crippen LogP contribution in [0.4, 0.5) is 5.95 Å². The third-order valence-electron chi connectivity index (χ3n) is 5.96. The summed E-state index contributed by atoms with van der Waals surface area (Å²) in [5.74, 6) is 0.663. The minimum Gasteiger partial charge on any atom is -0.375 e. The van der Waals surface area contributed by atoms with Crippen LogP contribution < -0.4 is 4.90 Å². The lowest BCUT2D eigenvalue weighted by Crippen LogP contribution is -2.42. The Hall–Kier alpha value is -3.40. The van der Waals surface area contributed by atoms with Crippen molar-refractivity contribution in [2.24, 2.45) is 7.05 Å². The molecule has 2 aliphatic rings. The summed E-state index contributed by atoms with van der Waals surface area (Å²) in [5, 5.41) is 4.09. The van der Waals surface area contributed by atoms with Crippen molar-refractivity contribution < 1.29 is 4.74 Å². The van der Waals surface area contributed by atoms with E-state index in [0.29, 0.717) is 23.7 Å². The van der Waals surface area contributed by atoms with Crippen molar-refractivity contribution in [3.8, 4) is 11.4 Å². The smallest absolute Gasteiger partial charge is 0.228 e. The first kappa shape index (κ1) is 21.4. The van der Waals surface area contributed by atoms with E-state index < -0.39 is 0 Å². The first-order chi connectivity index (χ1) is 16.0. The molecule has 0 aromatic carbocycles. The van der Waals surface area contributed by atoms with Gasteiger partial charge in [0.25, 0.3) is 0 Å². The summed E-state index contributed by atoms with van der Waals surface area (Å²) in [5.41, 5.74) is 4.73. The Labute approximate surface area is 192 Å². The van der Waals surface area contributed by atoms with Crippen molar-refractivity contribution in [2.75, 3.05) is 24.6 Å². The molecule has 0 unspecified atom stereocenters. The van der Waals surface area contributed by atoms with Crippen LogP contribution >= 0.6 is 0 Å². The van der Waals surface area contributed by atoms with Crippen molar-refractivity contribution in [3.63, 3.8) is 0 Å². The van der Waals surface area contributed by atoms with Gasteiger partial charge in [-0.25, -0.2) is 19.9 Å². The van der Waals surface area contributed by atoms with E-state index in [1.165, 1.54) is 12.8 Å². The molecule has 1 saturated carbocycles. The van der Waals surface area contributed by atoms with E-state index in [2.05, 4.69) is 26.9 Å². The van der Waals surface area contributed by atoms with Gasteiger partial charge in [0.05, 0.1) is 48.4 Å². The van der Waals surface area contributed by atoms with Crippen LogP contribution in [-0.2, 0) is 11.8 Å². The highest BCUT2D eigenvalue weighted by Gasteiger charge is 2.24. The van der Waals surface area contributed by atoms with E-state index in [-0.39, 0.29) is 6.10 Å². The molecule has 0 amide bonds. The monoisotopic (exact) mass is 447 g/mol. The van der Waals surface area contributed by atoms with Gasteiger partial charge in [-0.15, -0.1) is 0 Å². The van der Waals surface area contributed by atoms with Crippen LogP contribution in [-0.4, -0.2) is 65.1 Å². The fourth-order valence-electron chi connectivity index (χ4n) is 3.84. The number of ether oxygens (including phenoxy) is 1. The van der Waals surface area contributed by atoms with E-state index in [1.807, 2.05) is 48.6 Å². The number of aryl methyl sites for hydroxylation is 3. The second-order valence-electron chi connectivity index (χ2n) is 8.67. The summed E-state index contributed by atoms with van der Waals surface area (Å²) >= 11 is 0. The number of fused-ring (bicyclic) bond motifs is 1. The molecular formula is C23H29N9O. The van der Waals surface area contributed by atoms with Crippen LogP contribution in [0.2, 0.25) is 0 Å². The maximum atomic E-state index is 5.63. The fourth-order valence-corrected chi connectivity index (χ4v) is 3.84. The van der Waals surface area contributed by atoms with Gasteiger partial charge in [0.1, 0.15) is 11.2 Å². The van der Waals surface area contributed by atoms with Gasteiger partial charge < -0.3 is 14.2 Å². The van der Waals surface area contributed by atoms with Crippen LogP contribution in [0.3, 0.4) is 0 Å². The van der Waals surface area contributed by atoms with Crippen LogP contribution in [0.25, 0.3) is 22.6 Å². The minimum atomic E-state index is 0.152. The quantitative estimate of drug-likeness (QED) is 0.473. The van der Waals surface area contributed by atoms with Gasteiger partial charge in [-0.3, -0.25) is 4.68 Å². The summed E-state index contributed by atoms with van der Waals surface area (Å²) in [6.07, 6.45) is 10.2. The third-order valence-corrected chi connectivity index (χ3v) is 5.96. The van der Waals surface area contributed by atoms with E-state index in [0.717, 1.165) is 41.9 Å². The van der Waals surface area contributed by atoms with Crippen molar-refractivity contribution in [2.45, 2.75) is 45.8 Å². The highest BCUT2D eigenvalue weighted by molar-refractivity contribution is 5.86. The Bertz CT molecular complexity index is 1250. The molecule has 10 heteroatoms. The number of anilines is 1. The van der Waals surface area contributed by atoms with Gasteiger partial charge in [-0.2, -0.15) is 10.1 Å². The summed E-state index contributed by atoms with van der Waals surface area (Å²) in [6.45, 7) is 8.15. The third kappa shape index (κ3) is 4.56. The van der Waals surface area contributed by atoms with Gasteiger partial charge in [-0.1, -0.05) is 0 Å². The molecule has 0 N–H and O–H groups in total. The molecule has 1 saturated heterocycles. The molecule has 0 spiro atoms. The summed E-state index contributed by atoms with van der Waals surface area (Å²) in [7, 11) is 1.95. The fraction of sp³-hybridized carbons (Fsp3) is 0.478. The highest BCUT2D eigenvalue weighted by atomic mass is 16.5. The number of hydrogen-bond acceptors (Lipinski definition) is 8. The molecule has 0 radical (unpaired) electrons. The summed E-state index contributed by atoms with van der Waals surface area (Å²) in [6, 6.07) is 2.71. The van der Waals surface area contributed by atoms with E-state index in [9.17, 15) is 0 Å². The first-order valence-corrected chi connectivity index (χ1v) is 11.3. The van der Waals surface area contributed by atoms with Crippen molar-refractivity contribution in [3.05, 3.63) is 42.4 Å². The molecule has 172 valence electrons. The number of morpholine rings is 1. The lowest BCUT2D eigenvalue weighted by Gasteiger charge is -2.31. The van der Waals surface area contributed by atoms with Crippen LogP contribution in [0, 0.1) is 13.8 Å². The lowest BCUT2D eigenvalue weighted by atomic mass is 10.2. The standard InChI is InChI=1S/C17H21N7O.C6H8N2/c1-10-8-24(5-6-25-10)17-21-14(13-7-18-9-23(13)4)15-16(22-17)20-12(3)11(2)19-15;1-4-7-8(5-1)6-2-3-6/h7,9-10H,5-6,8H2,1-4H3;1,4-6H,2-3H2/t10-;/m1./s1. The predicted molar refractivity (Wildman–Crippen MR) is 125 cm³/mol. The van der Waals surface area contributed by atoms with Gasteiger partial charge in [0, 0.05) is 32.5 Å². The second-order valence-corrected chi connectivity index (χ2v) is 8.67. The van der Waals surface area contributed by atoms with Gasteiger partial charge in [0.15, 0.2) is 5.65 Å². The van der Waals surface area contributed by atoms with Crippen molar-refractivity contribution >= 4 is 17.1 Å². The number of rotatable bonds is 3. The van der Waals surface area contributed by atoms with Crippen molar-refractivity contribution in [1.29, 1.82) is 0 Å². The molecule has 33 heavy (non-hydrogen) atoms. The zero-order valence-electron chi connectivity index (χ0n) is 19.5. The Kier molecular flexibility index (Phi) is 5.76. The molecule has 10 nitrogen and oxygen atoms in total. The molecule has 0 bridgehead atoms. The first-order valence-electron chi connectivity index (χ1n) is 11.3. The second kappa shape index (κ2) is 8.86. The number of nitrogens with zero attached hydrogens (tertiary/aromatic N) is 9. The highest BCUT2D eigenvalue weighted by Crippen LogP contribution is 2.33. The van der Waals surface area contributed by atoms with Crippen LogP contribution in [0.5, 0.6) is 0 Å². The maximum absolute atomic E-state index is 5.63. The number of imidazole rings is 1. The molecule has 1 atom stereocenters. The molecule has 5 heterocycles. The molecule has 2 fully saturated rings. The zero-order valence-corrected chi connectivity index (χ0v) is 19.5. The molecule has 4 aromatic rings. The molecular weight excluding hydrogens is 418 g/mol. The van der Waals surface area contributed by atoms with E-state index in [1.54, 1.807) is 12.5 Å². The zero-order chi connectivity index (χ0) is 22.9. The van der Waals surface area contributed by atoms with E-state index in [4.69, 9.17) is 19.7 Å². The normalized spacial score (nSPS) is 18.3. The molecule has 1 aliphatic carbocycles. The maximum Gasteiger partial charge on any atom is 0.228 e. The summed E-state index contributed by atoms with van der Waals surface area (Å²) in [4.78, 5) is 25.2. The topological polar surface area (TPSA) is 99.7 Å². The van der Waals surface area contributed by atoms with Crippen molar-refractivity contribution in [1.82, 2.24) is 39.3 Å². The molecule has 1 aliphatic heterocycles. The Morgan fingerprint density at radius 1 is 1.06 bits per heavy atom. The lowest BCUT2D eigenvalue weighted by molar-refractivity contribution is 0.0526. The van der Waals surface area contributed by atoms with E-state index >= 15 is 0 Å². The Morgan fingerprint density at radius 3 is 2.55 bits per heavy atom. The van der Waals surface area contributed by atoms with Crippen LogP contribution in [0.15, 0.2) is 31.0 Å². The minimum absolute atomic E-state index is 0.152. The number of hydrogen-bond donors (Lipinski definition) is 0. The van der Waals surface area contributed by atoms with Crippen LogP contribution in [0.1, 0.15) is 37.2 Å². The number of aromatic nitrogens is 8. The Balaban J connectivity index is 0.000000238. The average molecular weight is 448 g/mol. The predicted octanol–water partition coefficient (Wildman–Crippen LogP) is 2.88. The Morgan fingerprint density at radius 2 is 1.88 bits per heavy atom. The molecule has 6 rings (SSSR count). The largest absolute Gasteiger partial charge is 0.375 e. The van der Waals surface area contributed by atoms with Gasteiger partial charge in [0.2, 0.25) is 5.95 Å². The summed E-state index contributed by atoms with van der Waals surface area (Å²) < 4.78 is 9.60. The SMILES string of the molecule is Cc1nc2nc(N3CCO[C@H](C)C3)nc(-c3cncn3C)c2nc1C.c1cnn(C2CC2)c1. The van der Waals surface area contributed by atoms with Gasteiger partial charge >= 0.3 is 0 Å². The van der Waals surface area contributed by atoms with Gasteiger partial charge in [-0.05, 0) is 39.7 Å². The average Bonchev–Trinajstić information content (AvgIpc) is 3.33.